The number of nitrogens with one attached hydrogen (secondary N) is 4. The summed E-state index contributed by atoms with van der Waals surface area (Å²) in [5.74, 6) is -0.380. The van der Waals surface area contributed by atoms with Crippen molar-refractivity contribution in [2.75, 3.05) is 4.72 Å². The second-order valence-corrected chi connectivity index (χ2v) is 9.91. The highest BCUT2D eigenvalue weighted by molar-refractivity contribution is 7.92. The Labute approximate surface area is 198 Å². The summed E-state index contributed by atoms with van der Waals surface area (Å²) < 4.78 is 27.6. The van der Waals surface area contributed by atoms with Gasteiger partial charge in [0.15, 0.2) is 5.11 Å². The predicted octanol–water partition coefficient (Wildman–Crippen LogP) is 3.98. The molecule has 4 N–H and O–H groups in total. The summed E-state index contributed by atoms with van der Waals surface area (Å²) in [7, 11) is -3.78. The highest BCUT2D eigenvalue weighted by atomic mass is 35.5. The lowest BCUT2D eigenvalue weighted by Crippen LogP contribution is -2.49. The maximum absolute atomic E-state index is 12.5. The molecule has 2 aromatic carbocycles. The van der Waals surface area contributed by atoms with E-state index in [0.29, 0.717) is 27.4 Å². The van der Waals surface area contributed by atoms with Gasteiger partial charge in [-0.05, 0) is 61.0 Å². The van der Waals surface area contributed by atoms with E-state index >= 15 is 0 Å². The van der Waals surface area contributed by atoms with Gasteiger partial charge in [0.25, 0.3) is 15.9 Å². The number of hydrazine groups is 1. The van der Waals surface area contributed by atoms with Crippen LogP contribution in [-0.4, -0.2) is 25.5 Å². The third kappa shape index (κ3) is 7.22. The number of amides is 1. The van der Waals surface area contributed by atoms with Crippen molar-refractivity contribution in [3.8, 4) is 0 Å². The first-order valence-electron chi connectivity index (χ1n) is 10.3. The van der Waals surface area contributed by atoms with Crippen molar-refractivity contribution >= 4 is 56.6 Å². The van der Waals surface area contributed by atoms with Gasteiger partial charge >= 0.3 is 0 Å². The number of anilines is 1. The molecule has 10 heteroatoms. The number of rotatable bonds is 6. The Morgan fingerprint density at radius 1 is 1.00 bits per heavy atom. The monoisotopic (exact) mass is 492 g/mol. The van der Waals surface area contributed by atoms with Gasteiger partial charge in [0, 0.05) is 12.1 Å². The number of benzene rings is 2. The van der Waals surface area contributed by atoms with Crippen molar-refractivity contribution in [3.63, 3.8) is 0 Å². The molecule has 1 saturated carbocycles. The zero-order valence-corrected chi connectivity index (χ0v) is 19.7. The fraction of sp³-hybridized carbons (Fsp3) is 0.273. The van der Waals surface area contributed by atoms with Crippen LogP contribution in [0.3, 0.4) is 0 Å². The SMILES string of the molecule is O=C(/C=C/c1ccc(S(=O)(=O)Nc2ccccc2Cl)cc1)NNC(=S)NC1CCCCC1. The van der Waals surface area contributed by atoms with Crippen molar-refractivity contribution in [3.05, 3.63) is 65.2 Å². The first kappa shape index (κ1) is 24.0. The van der Waals surface area contributed by atoms with E-state index in [1.165, 1.54) is 37.5 Å². The Balaban J connectivity index is 1.50. The lowest BCUT2D eigenvalue weighted by atomic mass is 9.96. The molecular formula is C22H25ClN4O3S2. The van der Waals surface area contributed by atoms with Crippen LogP contribution in [-0.2, 0) is 14.8 Å². The molecule has 1 fully saturated rings. The second-order valence-electron chi connectivity index (χ2n) is 7.41. The number of hydrogen-bond acceptors (Lipinski definition) is 4. The van der Waals surface area contributed by atoms with Gasteiger partial charge in [0.05, 0.1) is 15.6 Å². The molecule has 0 bridgehead atoms. The summed E-state index contributed by atoms with van der Waals surface area (Å²) in [6, 6.07) is 13.1. The molecule has 0 atom stereocenters. The molecular weight excluding hydrogens is 468 g/mol. The van der Waals surface area contributed by atoms with Gasteiger partial charge in [-0.3, -0.25) is 20.4 Å². The van der Waals surface area contributed by atoms with Crippen LogP contribution in [0.2, 0.25) is 5.02 Å². The van der Waals surface area contributed by atoms with Crippen LogP contribution in [0.5, 0.6) is 0 Å². The quantitative estimate of drug-likeness (QED) is 0.276. The Kier molecular flexibility index (Phi) is 8.49. The fourth-order valence-electron chi connectivity index (χ4n) is 3.31. The van der Waals surface area contributed by atoms with Gasteiger partial charge in [-0.25, -0.2) is 8.42 Å². The van der Waals surface area contributed by atoms with E-state index in [2.05, 4.69) is 20.9 Å². The van der Waals surface area contributed by atoms with Crippen LogP contribution in [0.4, 0.5) is 5.69 Å². The molecule has 32 heavy (non-hydrogen) atoms. The molecule has 3 rings (SSSR count). The minimum absolute atomic E-state index is 0.0832. The van der Waals surface area contributed by atoms with E-state index in [9.17, 15) is 13.2 Å². The van der Waals surface area contributed by atoms with Gasteiger partial charge < -0.3 is 5.32 Å². The molecule has 0 radical (unpaired) electrons. The largest absolute Gasteiger partial charge is 0.359 e. The lowest BCUT2D eigenvalue weighted by molar-refractivity contribution is -0.116. The Hall–Kier alpha value is -2.62. The second kappa shape index (κ2) is 11.3. The number of carbonyl (C=O) groups excluding carboxylic acids is 1. The molecule has 2 aromatic rings. The smallest absolute Gasteiger partial charge is 0.262 e. The number of carbonyl (C=O) groups is 1. The van der Waals surface area contributed by atoms with Crippen LogP contribution in [0.1, 0.15) is 37.7 Å². The van der Waals surface area contributed by atoms with Gasteiger partial charge in [0.1, 0.15) is 0 Å². The minimum Gasteiger partial charge on any atom is -0.359 e. The molecule has 1 aliphatic rings. The zero-order valence-electron chi connectivity index (χ0n) is 17.3. The van der Waals surface area contributed by atoms with E-state index in [1.54, 1.807) is 42.5 Å². The first-order valence-corrected chi connectivity index (χ1v) is 12.5. The van der Waals surface area contributed by atoms with E-state index in [1.807, 2.05) is 0 Å². The number of para-hydroxylation sites is 1. The number of halogens is 1. The third-order valence-corrected chi connectivity index (χ3v) is 6.91. The van der Waals surface area contributed by atoms with Crippen molar-refractivity contribution in [2.24, 2.45) is 0 Å². The fourth-order valence-corrected chi connectivity index (χ4v) is 4.84. The maximum Gasteiger partial charge on any atom is 0.262 e. The van der Waals surface area contributed by atoms with Crippen LogP contribution in [0.25, 0.3) is 6.08 Å². The first-order chi connectivity index (χ1) is 15.3. The van der Waals surface area contributed by atoms with Crippen molar-refractivity contribution in [1.29, 1.82) is 0 Å². The summed E-state index contributed by atoms with van der Waals surface area (Å²) in [6.45, 7) is 0. The number of thiocarbonyl (C=S) groups is 1. The molecule has 0 spiro atoms. The van der Waals surface area contributed by atoms with Gasteiger partial charge in [0.2, 0.25) is 0 Å². The summed E-state index contributed by atoms with van der Waals surface area (Å²) >= 11 is 11.2. The molecule has 1 aliphatic carbocycles. The average molecular weight is 493 g/mol. The normalized spacial score (nSPS) is 14.7. The van der Waals surface area contributed by atoms with Gasteiger partial charge in [-0.2, -0.15) is 0 Å². The van der Waals surface area contributed by atoms with Crippen molar-refractivity contribution in [1.82, 2.24) is 16.2 Å². The molecule has 0 heterocycles. The highest BCUT2D eigenvalue weighted by Gasteiger charge is 2.16. The standard InChI is InChI=1S/C22H25ClN4O3S2/c23-19-8-4-5-9-20(19)27-32(29,30)18-13-10-16(11-14-18)12-15-21(28)25-26-22(31)24-17-6-2-1-3-7-17/h4-5,8-15,17,27H,1-3,6-7H2,(H,25,28)(H2,24,26,31)/b15-12+. The zero-order chi connectivity index (χ0) is 23.0. The topological polar surface area (TPSA) is 99.3 Å². The predicted molar refractivity (Wildman–Crippen MR) is 132 cm³/mol. The molecule has 170 valence electrons. The summed E-state index contributed by atoms with van der Waals surface area (Å²) in [5.41, 5.74) is 6.18. The summed E-state index contributed by atoms with van der Waals surface area (Å²) in [5, 5.41) is 3.90. The van der Waals surface area contributed by atoms with Crippen LogP contribution >= 0.6 is 23.8 Å². The van der Waals surface area contributed by atoms with E-state index in [0.717, 1.165) is 12.8 Å². The molecule has 0 unspecified atom stereocenters. The Morgan fingerprint density at radius 3 is 2.38 bits per heavy atom. The lowest BCUT2D eigenvalue weighted by Gasteiger charge is -2.24. The van der Waals surface area contributed by atoms with E-state index in [-0.39, 0.29) is 10.8 Å². The van der Waals surface area contributed by atoms with E-state index < -0.39 is 10.0 Å². The summed E-state index contributed by atoms with van der Waals surface area (Å²) in [4.78, 5) is 12.1. The summed E-state index contributed by atoms with van der Waals surface area (Å²) in [6.07, 6.45) is 8.70. The number of hydrogen-bond donors (Lipinski definition) is 4. The van der Waals surface area contributed by atoms with Gasteiger partial charge in [-0.15, -0.1) is 0 Å². The molecule has 0 aliphatic heterocycles. The molecule has 0 aromatic heterocycles. The molecule has 0 saturated heterocycles. The highest BCUT2D eigenvalue weighted by Crippen LogP contribution is 2.24. The van der Waals surface area contributed by atoms with Crippen LogP contribution in [0, 0.1) is 0 Å². The Bertz CT molecular complexity index is 1080. The molecule has 1 amide bonds. The van der Waals surface area contributed by atoms with Crippen molar-refractivity contribution in [2.45, 2.75) is 43.0 Å². The number of sulfonamides is 1. The minimum atomic E-state index is -3.78. The van der Waals surface area contributed by atoms with Crippen LogP contribution < -0.4 is 20.9 Å². The Morgan fingerprint density at radius 2 is 1.69 bits per heavy atom. The third-order valence-electron chi connectivity index (χ3n) is 4.98. The van der Waals surface area contributed by atoms with Crippen molar-refractivity contribution < 1.29 is 13.2 Å². The molecule has 7 nitrogen and oxygen atoms in total. The maximum atomic E-state index is 12.5. The van der Waals surface area contributed by atoms with Gasteiger partial charge in [-0.1, -0.05) is 55.1 Å². The average Bonchev–Trinajstić information content (AvgIpc) is 2.79. The van der Waals surface area contributed by atoms with E-state index in [4.69, 9.17) is 23.8 Å². The van der Waals surface area contributed by atoms with Crippen LogP contribution in [0.15, 0.2) is 59.5 Å².